The number of hydrogen-bond acceptors (Lipinski definition) is 4. The summed E-state index contributed by atoms with van der Waals surface area (Å²) in [6.07, 6.45) is 3.16. The SMILES string of the molecule is Cc1ccc(C(=O)c2nccn2C)cc1[N+](=O)[O-]. The van der Waals surface area contributed by atoms with E-state index in [1.54, 1.807) is 36.9 Å². The second-order valence-corrected chi connectivity index (χ2v) is 3.95. The average Bonchev–Trinajstić information content (AvgIpc) is 2.75. The van der Waals surface area contributed by atoms with Gasteiger partial charge in [-0.2, -0.15) is 0 Å². The van der Waals surface area contributed by atoms with Crippen LogP contribution in [-0.4, -0.2) is 20.3 Å². The number of aromatic nitrogens is 2. The van der Waals surface area contributed by atoms with Crippen LogP contribution in [0.3, 0.4) is 0 Å². The van der Waals surface area contributed by atoms with Crippen molar-refractivity contribution in [3.05, 3.63) is 57.7 Å². The first kappa shape index (κ1) is 12.0. The molecule has 0 N–H and O–H groups in total. The van der Waals surface area contributed by atoms with Crippen molar-refractivity contribution < 1.29 is 9.72 Å². The highest BCUT2D eigenvalue weighted by Gasteiger charge is 2.18. The van der Waals surface area contributed by atoms with E-state index in [-0.39, 0.29) is 22.9 Å². The van der Waals surface area contributed by atoms with E-state index in [1.807, 2.05) is 0 Å². The van der Waals surface area contributed by atoms with Crippen molar-refractivity contribution in [2.45, 2.75) is 6.92 Å². The molecule has 0 radical (unpaired) electrons. The zero-order chi connectivity index (χ0) is 13.3. The molecule has 1 heterocycles. The summed E-state index contributed by atoms with van der Waals surface area (Å²) >= 11 is 0. The van der Waals surface area contributed by atoms with Gasteiger partial charge in [0.25, 0.3) is 5.69 Å². The smallest absolute Gasteiger partial charge is 0.273 e. The summed E-state index contributed by atoms with van der Waals surface area (Å²) in [4.78, 5) is 26.4. The molecule has 0 amide bonds. The molecule has 1 aromatic heterocycles. The van der Waals surface area contributed by atoms with Crippen LogP contribution >= 0.6 is 0 Å². The lowest BCUT2D eigenvalue weighted by atomic mass is 10.1. The number of hydrogen-bond donors (Lipinski definition) is 0. The molecule has 0 saturated heterocycles. The monoisotopic (exact) mass is 245 g/mol. The third-order valence-electron chi connectivity index (χ3n) is 2.69. The van der Waals surface area contributed by atoms with E-state index >= 15 is 0 Å². The van der Waals surface area contributed by atoms with E-state index in [1.165, 1.54) is 12.3 Å². The maximum atomic E-state index is 12.1. The van der Waals surface area contributed by atoms with Gasteiger partial charge in [-0.25, -0.2) is 4.98 Å². The molecule has 0 spiro atoms. The molecule has 2 rings (SSSR count). The van der Waals surface area contributed by atoms with Crippen LogP contribution in [0, 0.1) is 17.0 Å². The minimum Gasteiger partial charge on any atom is -0.331 e. The Kier molecular flexibility index (Phi) is 2.93. The first-order valence-electron chi connectivity index (χ1n) is 5.28. The molecule has 0 aliphatic carbocycles. The van der Waals surface area contributed by atoms with Crippen molar-refractivity contribution in [2.24, 2.45) is 7.05 Å². The number of carbonyl (C=O) groups excluding carboxylic acids is 1. The zero-order valence-electron chi connectivity index (χ0n) is 9.95. The Morgan fingerprint density at radius 3 is 2.72 bits per heavy atom. The number of ketones is 1. The van der Waals surface area contributed by atoms with Crippen molar-refractivity contribution in [2.75, 3.05) is 0 Å². The second-order valence-electron chi connectivity index (χ2n) is 3.95. The summed E-state index contributed by atoms with van der Waals surface area (Å²) in [5, 5.41) is 10.8. The molecule has 92 valence electrons. The Labute approximate surface area is 103 Å². The predicted molar refractivity (Wildman–Crippen MR) is 64.5 cm³/mol. The number of imidazole rings is 1. The van der Waals surface area contributed by atoms with Gasteiger partial charge in [0.1, 0.15) is 0 Å². The van der Waals surface area contributed by atoms with E-state index in [4.69, 9.17) is 0 Å². The third kappa shape index (κ3) is 2.00. The number of aryl methyl sites for hydroxylation is 2. The normalized spacial score (nSPS) is 10.3. The van der Waals surface area contributed by atoms with Crippen LogP contribution in [0.25, 0.3) is 0 Å². The fraction of sp³-hybridized carbons (Fsp3) is 0.167. The molecule has 0 aliphatic heterocycles. The summed E-state index contributed by atoms with van der Waals surface area (Å²) in [5.41, 5.74) is 0.730. The fourth-order valence-corrected chi connectivity index (χ4v) is 1.66. The van der Waals surface area contributed by atoms with Crippen LogP contribution < -0.4 is 0 Å². The first-order valence-corrected chi connectivity index (χ1v) is 5.28. The summed E-state index contributed by atoms with van der Waals surface area (Å²) < 4.78 is 1.58. The summed E-state index contributed by atoms with van der Waals surface area (Å²) in [5.74, 6) is -0.0706. The van der Waals surface area contributed by atoms with Crippen LogP contribution in [0.15, 0.2) is 30.6 Å². The Morgan fingerprint density at radius 1 is 1.44 bits per heavy atom. The molecule has 0 saturated carbocycles. The molecule has 1 aromatic carbocycles. The van der Waals surface area contributed by atoms with Crippen molar-refractivity contribution in [1.29, 1.82) is 0 Å². The van der Waals surface area contributed by atoms with Gasteiger partial charge in [0, 0.05) is 36.6 Å². The first-order chi connectivity index (χ1) is 8.50. The molecule has 0 bridgehead atoms. The summed E-state index contributed by atoms with van der Waals surface area (Å²) in [6, 6.07) is 4.42. The number of nitro groups is 1. The topological polar surface area (TPSA) is 78.0 Å². The van der Waals surface area contributed by atoms with Crippen molar-refractivity contribution >= 4 is 11.5 Å². The van der Waals surface area contributed by atoms with Gasteiger partial charge in [-0.3, -0.25) is 14.9 Å². The van der Waals surface area contributed by atoms with Gasteiger partial charge in [-0.05, 0) is 6.92 Å². The Bertz CT molecular complexity index is 631. The predicted octanol–water partition coefficient (Wildman–Crippen LogP) is 1.87. The van der Waals surface area contributed by atoms with Crippen LogP contribution in [0.1, 0.15) is 21.7 Å². The van der Waals surface area contributed by atoms with Crippen LogP contribution in [0.5, 0.6) is 0 Å². The molecule has 6 heteroatoms. The zero-order valence-corrected chi connectivity index (χ0v) is 9.95. The highest BCUT2D eigenvalue weighted by Crippen LogP contribution is 2.20. The van der Waals surface area contributed by atoms with Crippen molar-refractivity contribution in [1.82, 2.24) is 9.55 Å². The molecule has 0 fully saturated rings. The average molecular weight is 245 g/mol. The van der Waals surface area contributed by atoms with E-state index in [0.29, 0.717) is 5.56 Å². The minimum absolute atomic E-state index is 0.0601. The molecule has 2 aromatic rings. The molecule has 0 unspecified atom stereocenters. The lowest BCUT2D eigenvalue weighted by Gasteiger charge is -2.03. The molecule has 0 aliphatic rings. The molecular formula is C12H11N3O3. The lowest BCUT2D eigenvalue weighted by Crippen LogP contribution is -2.09. The highest BCUT2D eigenvalue weighted by molar-refractivity contribution is 6.07. The second kappa shape index (κ2) is 4.40. The fourth-order valence-electron chi connectivity index (χ4n) is 1.66. The van der Waals surface area contributed by atoms with Gasteiger partial charge in [-0.15, -0.1) is 0 Å². The molecule has 0 atom stereocenters. The van der Waals surface area contributed by atoms with Crippen LogP contribution in [0.4, 0.5) is 5.69 Å². The van der Waals surface area contributed by atoms with Crippen molar-refractivity contribution in [3.63, 3.8) is 0 Å². The maximum Gasteiger partial charge on any atom is 0.273 e. The van der Waals surface area contributed by atoms with Gasteiger partial charge < -0.3 is 4.57 Å². The summed E-state index contributed by atoms with van der Waals surface area (Å²) in [6.45, 7) is 1.63. The van der Waals surface area contributed by atoms with Gasteiger partial charge in [0.05, 0.1) is 4.92 Å². The van der Waals surface area contributed by atoms with Gasteiger partial charge in [0.2, 0.25) is 5.78 Å². The standard InChI is InChI=1S/C12H11N3O3/c1-8-3-4-9(7-10(8)15(17)18)11(16)12-13-5-6-14(12)2/h3-7H,1-2H3. The molecule has 6 nitrogen and oxygen atoms in total. The molecular weight excluding hydrogens is 234 g/mol. The highest BCUT2D eigenvalue weighted by atomic mass is 16.6. The lowest BCUT2D eigenvalue weighted by molar-refractivity contribution is -0.385. The Balaban J connectivity index is 2.47. The third-order valence-corrected chi connectivity index (χ3v) is 2.69. The summed E-state index contributed by atoms with van der Waals surface area (Å²) in [7, 11) is 1.70. The van der Waals surface area contributed by atoms with E-state index in [9.17, 15) is 14.9 Å². The van der Waals surface area contributed by atoms with E-state index in [0.717, 1.165) is 0 Å². The number of benzene rings is 1. The van der Waals surface area contributed by atoms with Gasteiger partial charge in [0.15, 0.2) is 5.82 Å². The maximum absolute atomic E-state index is 12.1. The Morgan fingerprint density at radius 2 is 2.17 bits per heavy atom. The van der Waals surface area contributed by atoms with Gasteiger partial charge in [-0.1, -0.05) is 12.1 Å². The van der Waals surface area contributed by atoms with Crippen LogP contribution in [0.2, 0.25) is 0 Å². The number of nitrogens with zero attached hydrogens (tertiary/aromatic N) is 3. The number of carbonyl (C=O) groups is 1. The number of nitro benzene ring substituents is 1. The Hall–Kier alpha value is -2.50. The molecule has 18 heavy (non-hydrogen) atoms. The number of rotatable bonds is 3. The van der Waals surface area contributed by atoms with Crippen LogP contribution in [-0.2, 0) is 7.05 Å². The van der Waals surface area contributed by atoms with Crippen molar-refractivity contribution in [3.8, 4) is 0 Å². The van der Waals surface area contributed by atoms with E-state index < -0.39 is 4.92 Å². The quantitative estimate of drug-likeness (QED) is 0.469. The van der Waals surface area contributed by atoms with E-state index in [2.05, 4.69) is 4.98 Å². The van der Waals surface area contributed by atoms with Gasteiger partial charge >= 0.3 is 0 Å². The minimum atomic E-state index is -0.496. The largest absolute Gasteiger partial charge is 0.331 e.